The molecule has 1 aliphatic rings. The summed E-state index contributed by atoms with van der Waals surface area (Å²) in [5, 5.41) is 35.0. The zero-order valence-corrected chi connectivity index (χ0v) is 10.9. The van der Waals surface area contributed by atoms with Gasteiger partial charge in [0.15, 0.2) is 6.29 Å². The highest BCUT2D eigenvalue weighted by Crippen LogP contribution is 2.18. The third-order valence-electron chi connectivity index (χ3n) is 2.68. The standard InChI is InChI=1S/C7H8N2O.C5H10O5/c1-5-2-3-6(7(8)10)9-4-5;6-1-2-3(7)4(8)5(9)10-2/h2-4H,1H3,(H2,8,10);2-9H,1H2/t;2-,3-,4-,5?/m.1/s1. The number of aromatic nitrogens is 1. The number of primary amides is 1. The Hall–Kier alpha value is -1.58. The number of carbonyl (C=O) groups excluding carboxylic acids is 1. The van der Waals surface area contributed by atoms with Crippen LogP contribution in [-0.4, -0.2) is 62.5 Å². The number of aliphatic hydroxyl groups is 4. The molecule has 2 heterocycles. The summed E-state index contributed by atoms with van der Waals surface area (Å²) in [4.78, 5) is 14.3. The fourth-order valence-corrected chi connectivity index (χ4v) is 1.49. The van der Waals surface area contributed by atoms with Crippen LogP contribution in [0.5, 0.6) is 0 Å². The second-order valence-electron chi connectivity index (χ2n) is 4.31. The molecule has 0 saturated carbocycles. The topological polar surface area (TPSA) is 146 Å². The Labute approximate surface area is 115 Å². The van der Waals surface area contributed by atoms with Gasteiger partial charge in [0.05, 0.1) is 6.61 Å². The van der Waals surface area contributed by atoms with Gasteiger partial charge < -0.3 is 30.9 Å². The molecule has 1 amide bonds. The Bertz CT molecular complexity index is 438. The number of rotatable bonds is 2. The minimum Gasteiger partial charge on any atom is -0.394 e. The van der Waals surface area contributed by atoms with Crippen LogP contribution in [-0.2, 0) is 4.74 Å². The molecule has 6 N–H and O–H groups in total. The number of hydrogen-bond acceptors (Lipinski definition) is 7. The van der Waals surface area contributed by atoms with Gasteiger partial charge in [-0.2, -0.15) is 0 Å². The fourth-order valence-electron chi connectivity index (χ4n) is 1.49. The first-order chi connectivity index (χ1) is 9.36. The summed E-state index contributed by atoms with van der Waals surface area (Å²) in [6.07, 6.45) is -3.14. The van der Waals surface area contributed by atoms with E-state index in [1.54, 1.807) is 18.3 Å². The van der Waals surface area contributed by atoms with Crippen molar-refractivity contribution in [3.05, 3.63) is 29.6 Å². The zero-order chi connectivity index (χ0) is 15.3. The highest BCUT2D eigenvalue weighted by Gasteiger charge is 2.41. The monoisotopic (exact) mass is 286 g/mol. The average Bonchev–Trinajstić information content (AvgIpc) is 2.67. The van der Waals surface area contributed by atoms with E-state index in [0.717, 1.165) is 5.56 Å². The predicted molar refractivity (Wildman–Crippen MR) is 67.5 cm³/mol. The second-order valence-corrected chi connectivity index (χ2v) is 4.31. The van der Waals surface area contributed by atoms with Crippen LogP contribution in [0.3, 0.4) is 0 Å². The van der Waals surface area contributed by atoms with E-state index in [-0.39, 0.29) is 0 Å². The number of hydrogen-bond donors (Lipinski definition) is 5. The van der Waals surface area contributed by atoms with E-state index in [4.69, 9.17) is 26.2 Å². The van der Waals surface area contributed by atoms with E-state index in [1.165, 1.54) is 0 Å². The third-order valence-corrected chi connectivity index (χ3v) is 2.68. The third kappa shape index (κ3) is 4.22. The molecule has 1 fully saturated rings. The van der Waals surface area contributed by atoms with Gasteiger partial charge in [-0.05, 0) is 18.6 Å². The molecule has 0 aromatic carbocycles. The van der Waals surface area contributed by atoms with Gasteiger partial charge in [-0.3, -0.25) is 9.78 Å². The van der Waals surface area contributed by atoms with Gasteiger partial charge in [0.1, 0.15) is 24.0 Å². The van der Waals surface area contributed by atoms with Crippen molar-refractivity contribution in [2.45, 2.75) is 31.5 Å². The van der Waals surface area contributed by atoms with Crippen LogP contribution in [0.4, 0.5) is 0 Å². The minimum absolute atomic E-state index is 0.311. The fraction of sp³-hybridized carbons (Fsp3) is 0.500. The van der Waals surface area contributed by atoms with Crippen molar-refractivity contribution in [2.75, 3.05) is 6.61 Å². The van der Waals surface area contributed by atoms with Crippen molar-refractivity contribution in [2.24, 2.45) is 5.73 Å². The lowest BCUT2D eigenvalue weighted by atomic mass is 10.1. The first-order valence-electron chi connectivity index (χ1n) is 5.89. The van der Waals surface area contributed by atoms with E-state index in [1.807, 2.05) is 6.92 Å². The number of ether oxygens (including phenoxy) is 1. The van der Waals surface area contributed by atoms with Crippen LogP contribution in [0.1, 0.15) is 16.1 Å². The van der Waals surface area contributed by atoms with Crippen LogP contribution < -0.4 is 5.73 Å². The summed E-state index contributed by atoms with van der Waals surface area (Å²) in [6, 6.07) is 3.41. The van der Waals surface area contributed by atoms with Crippen molar-refractivity contribution in [3.8, 4) is 0 Å². The molecule has 0 bridgehead atoms. The molecule has 0 aliphatic carbocycles. The summed E-state index contributed by atoms with van der Waals surface area (Å²) in [6.45, 7) is 1.49. The quantitative estimate of drug-likeness (QED) is 0.419. The molecule has 0 spiro atoms. The molecule has 1 aromatic rings. The van der Waals surface area contributed by atoms with E-state index >= 15 is 0 Å². The van der Waals surface area contributed by atoms with Crippen molar-refractivity contribution in [3.63, 3.8) is 0 Å². The molecule has 8 nitrogen and oxygen atoms in total. The first kappa shape index (κ1) is 16.5. The molecule has 1 saturated heterocycles. The average molecular weight is 286 g/mol. The zero-order valence-electron chi connectivity index (χ0n) is 10.9. The molecule has 4 atom stereocenters. The van der Waals surface area contributed by atoms with Crippen LogP contribution in [0.25, 0.3) is 0 Å². The minimum atomic E-state index is -1.38. The largest absolute Gasteiger partial charge is 0.394 e. The van der Waals surface area contributed by atoms with Crippen molar-refractivity contribution < 1.29 is 30.0 Å². The summed E-state index contributed by atoms with van der Waals surface area (Å²) < 4.78 is 4.54. The smallest absolute Gasteiger partial charge is 0.267 e. The maximum absolute atomic E-state index is 10.5. The van der Waals surface area contributed by atoms with Crippen molar-refractivity contribution >= 4 is 5.91 Å². The van der Waals surface area contributed by atoms with Crippen LogP contribution >= 0.6 is 0 Å². The van der Waals surface area contributed by atoms with Gasteiger partial charge in [-0.25, -0.2) is 0 Å². The number of pyridine rings is 1. The van der Waals surface area contributed by atoms with Gasteiger partial charge in [-0.1, -0.05) is 6.07 Å². The lowest BCUT2D eigenvalue weighted by Gasteiger charge is -2.09. The number of amides is 1. The van der Waals surface area contributed by atoms with E-state index in [0.29, 0.717) is 5.69 Å². The lowest BCUT2D eigenvalue weighted by Crippen LogP contribution is -2.33. The second kappa shape index (κ2) is 7.27. The molecule has 1 unspecified atom stereocenters. The van der Waals surface area contributed by atoms with Gasteiger partial charge in [0.25, 0.3) is 5.91 Å². The predicted octanol–water partition coefficient (Wildman–Crippen LogP) is -2.09. The van der Waals surface area contributed by atoms with Crippen LogP contribution in [0, 0.1) is 6.92 Å². The number of carbonyl (C=O) groups is 1. The Morgan fingerprint density at radius 1 is 1.35 bits per heavy atom. The first-order valence-corrected chi connectivity index (χ1v) is 5.89. The number of aryl methyl sites for hydroxylation is 1. The molecule has 2 rings (SSSR count). The summed E-state index contributed by atoms with van der Waals surface area (Å²) >= 11 is 0. The molecule has 8 heteroatoms. The molecule has 20 heavy (non-hydrogen) atoms. The Morgan fingerprint density at radius 2 is 2.00 bits per heavy atom. The number of nitrogens with zero attached hydrogens (tertiary/aromatic N) is 1. The highest BCUT2D eigenvalue weighted by molar-refractivity contribution is 5.90. The SMILES string of the molecule is Cc1ccc(C(N)=O)nc1.OC[C@H]1OC(O)[C@H](O)[C@@H]1O. The van der Waals surface area contributed by atoms with E-state index in [9.17, 15) is 4.79 Å². The molecular formula is C12H18N2O6. The van der Waals surface area contributed by atoms with Crippen molar-refractivity contribution in [1.82, 2.24) is 4.98 Å². The Kier molecular flexibility index (Phi) is 5.99. The normalized spacial score (nSPS) is 28.6. The van der Waals surface area contributed by atoms with E-state index < -0.39 is 37.1 Å². The Balaban J connectivity index is 0.000000200. The van der Waals surface area contributed by atoms with Crippen LogP contribution in [0.2, 0.25) is 0 Å². The Morgan fingerprint density at radius 3 is 2.30 bits per heavy atom. The van der Waals surface area contributed by atoms with E-state index in [2.05, 4.69) is 9.72 Å². The summed E-state index contributed by atoms with van der Waals surface area (Å²) in [7, 11) is 0. The molecular weight excluding hydrogens is 268 g/mol. The number of nitrogens with two attached hydrogens (primary N) is 1. The van der Waals surface area contributed by atoms with Gasteiger partial charge in [0, 0.05) is 6.20 Å². The van der Waals surface area contributed by atoms with Crippen molar-refractivity contribution in [1.29, 1.82) is 0 Å². The van der Waals surface area contributed by atoms with Gasteiger partial charge in [0.2, 0.25) is 0 Å². The molecule has 112 valence electrons. The maximum atomic E-state index is 10.5. The lowest BCUT2D eigenvalue weighted by molar-refractivity contribution is -0.132. The molecule has 1 aliphatic heterocycles. The van der Waals surface area contributed by atoms with Gasteiger partial charge >= 0.3 is 0 Å². The van der Waals surface area contributed by atoms with Crippen LogP contribution in [0.15, 0.2) is 18.3 Å². The maximum Gasteiger partial charge on any atom is 0.267 e. The molecule has 1 aromatic heterocycles. The number of aliphatic hydroxyl groups excluding tert-OH is 4. The summed E-state index contributed by atoms with van der Waals surface area (Å²) in [5.74, 6) is -0.486. The van der Waals surface area contributed by atoms with Gasteiger partial charge in [-0.15, -0.1) is 0 Å². The highest BCUT2D eigenvalue weighted by atomic mass is 16.6. The summed E-state index contributed by atoms with van der Waals surface area (Å²) in [5.41, 5.74) is 6.29. The molecule has 0 radical (unpaired) electrons.